The number of ether oxygens (including phenoxy) is 2. The van der Waals surface area contributed by atoms with Crippen LogP contribution in [0.1, 0.15) is 40.6 Å². The molecule has 0 saturated carbocycles. The Bertz CT molecular complexity index is 1540. The van der Waals surface area contributed by atoms with Gasteiger partial charge in [-0.15, -0.1) is 0 Å². The lowest BCUT2D eigenvalue weighted by Crippen LogP contribution is -2.30. The molecule has 5 rings (SSSR count). The van der Waals surface area contributed by atoms with Crippen LogP contribution < -0.4 is 15.0 Å². The predicted molar refractivity (Wildman–Crippen MR) is 150 cm³/mol. The van der Waals surface area contributed by atoms with E-state index in [1.165, 1.54) is 19.2 Å². The van der Waals surface area contributed by atoms with Gasteiger partial charge < -0.3 is 19.4 Å². The van der Waals surface area contributed by atoms with Gasteiger partial charge in [-0.05, 0) is 48.9 Å². The van der Waals surface area contributed by atoms with Crippen molar-refractivity contribution in [1.82, 2.24) is 14.5 Å². The van der Waals surface area contributed by atoms with Crippen molar-refractivity contribution in [3.63, 3.8) is 0 Å². The molecule has 0 radical (unpaired) electrons. The summed E-state index contributed by atoms with van der Waals surface area (Å²) in [5.74, 6) is -0.0658. The topological polar surface area (TPSA) is 81.5 Å². The number of rotatable bonds is 8. The van der Waals surface area contributed by atoms with E-state index in [4.69, 9.17) is 32.7 Å². The van der Waals surface area contributed by atoms with E-state index in [0.717, 1.165) is 11.3 Å². The number of hydrogen-bond donors (Lipinski definition) is 1. The van der Waals surface area contributed by atoms with Crippen LogP contribution in [0.25, 0.3) is 11.3 Å². The van der Waals surface area contributed by atoms with Gasteiger partial charge in [0, 0.05) is 31.1 Å². The van der Waals surface area contributed by atoms with Crippen LogP contribution in [0, 0.1) is 5.82 Å². The molecule has 3 heterocycles. The molecule has 0 saturated heterocycles. The summed E-state index contributed by atoms with van der Waals surface area (Å²) in [5, 5.41) is 3.40. The zero-order chi connectivity index (χ0) is 27.8. The van der Waals surface area contributed by atoms with Crippen molar-refractivity contribution >= 4 is 40.7 Å². The largest absolute Gasteiger partial charge is 0.480 e. The maximum atomic E-state index is 14.1. The van der Waals surface area contributed by atoms with Crippen LogP contribution in [0.5, 0.6) is 5.88 Å². The van der Waals surface area contributed by atoms with E-state index in [1.807, 2.05) is 25.1 Å². The summed E-state index contributed by atoms with van der Waals surface area (Å²) in [5.41, 5.74) is 3.82. The summed E-state index contributed by atoms with van der Waals surface area (Å²) in [6.45, 7) is 2.37. The van der Waals surface area contributed by atoms with Gasteiger partial charge in [-0.25, -0.2) is 9.37 Å². The first-order valence-electron chi connectivity index (χ1n) is 12.2. The van der Waals surface area contributed by atoms with Crippen LogP contribution in [0.2, 0.25) is 10.0 Å². The SMILES string of the molecule is CNc1ncc(-c2cc3c(n2[C@H](C)COC)[C@H](c2ccc(Cl)cc2)N(c2ccc(F)c(Cl)c2)C3=O)c(OC)n1. The number of halogens is 3. The molecule has 39 heavy (non-hydrogen) atoms. The highest BCUT2D eigenvalue weighted by Gasteiger charge is 2.44. The number of methoxy groups -OCH3 is 2. The summed E-state index contributed by atoms with van der Waals surface area (Å²) < 4.78 is 27.3. The first-order chi connectivity index (χ1) is 18.8. The third-order valence-corrected chi connectivity index (χ3v) is 7.25. The van der Waals surface area contributed by atoms with E-state index < -0.39 is 11.9 Å². The van der Waals surface area contributed by atoms with Gasteiger partial charge >= 0.3 is 0 Å². The van der Waals surface area contributed by atoms with Gasteiger partial charge in [-0.1, -0.05) is 35.3 Å². The van der Waals surface area contributed by atoms with E-state index in [0.29, 0.717) is 46.0 Å². The summed E-state index contributed by atoms with van der Waals surface area (Å²) >= 11 is 12.4. The maximum Gasteiger partial charge on any atom is 0.261 e. The fourth-order valence-electron chi connectivity index (χ4n) is 5.03. The number of benzene rings is 2. The van der Waals surface area contributed by atoms with Crippen molar-refractivity contribution in [3.05, 3.63) is 87.4 Å². The van der Waals surface area contributed by atoms with Crippen molar-refractivity contribution in [2.75, 3.05) is 38.1 Å². The molecule has 0 aliphatic carbocycles. The number of hydrogen-bond acceptors (Lipinski definition) is 6. The highest BCUT2D eigenvalue weighted by molar-refractivity contribution is 6.31. The van der Waals surface area contributed by atoms with Crippen LogP contribution in [0.15, 0.2) is 54.7 Å². The number of amides is 1. The minimum absolute atomic E-state index is 0.0745. The molecular weight excluding hydrogens is 544 g/mol. The molecule has 0 spiro atoms. The molecule has 8 nitrogen and oxygen atoms in total. The smallest absolute Gasteiger partial charge is 0.261 e. The molecule has 1 N–H and O–H groups in total. The second-order valence-electron chi connectivity index (χ2n) is 9.10. The third kappa shape index (κ3) is 4.71. The van der Waals surface area contributed by atoms with Gasteiger partial charge in [0.05, 0.1) is 47.3 Å². The van der Waals surface area contributed by atoms with E-state index in [9.17, 15) is 9.18 Å². The number of carbonyl (C=O) groups excluding carboxylic acids is 1. The average molecular weight is 570 g/mol. The molecule has 2 aromatic carbocycles. The van der Waals surface area contributed by atoms with Gasteiger partial charge in [0.2, 0.25) is 11.8 Å². The van der Waals surface area contributed by atoms with E-state index >= 15 is 0 Å². The normalized spacial score (nSPS) is 15.4. The van der Waals surface area contributed by atoms with Gasteiger partial charge in [0.15, 0.2) is 0 Å². The van der Waals surface area contributed by atoms with Gasteiger partial charge in [0.1, 0.15) is 11.9 Å². The van der Waals surface area contributed by atoms with Gasteiger partial charge in [0.25, 0.3) is 5.91 Å². The molecule has 11 heteroatoms. The predicted octanol–water partition coefficient (Wildman–Crippen LogP) is 6.40. The average Bonchev–Trinajstić information content (AvgIpc) is 3.45. The Kier molecular flexibility index (Phi) is 7.48. The zero-order valence-electron chi connectivity index (χ0n) is 21.7. The summed E-state index contributed by atoms with van der Waals surface area (Å²) in [6.07, 6.45) is 1.66. The van der Waals surface area contributed by atoms with Crippen molar-refractivity contribution in [1.29, 1.82) is 0 Å². The Morgan fingerprint density at radius 1 is 1.10 bits per heavy atom. The van der Waals surface area contributed by atoms with Crippen LogP contribution >= 0.6 is 23.2 Å². The molecule has 0 bridgehead atoms. The Labute approximate surface area is 235 Å². The van der Waals surface area contributed by atoms with Crippen LogP contribution in [-0.4, -0.2) is 48.3 Å². The number of anilines is 2. The molecule has 0 fully saturated rings. The zero-order valence-corrected chi connectivity index (χ0v) is 23.2. The van der Waals surface area contributed by atoms with Crippen molar-refractivity contribution in [2.45, 2.75) is 19.0 Å². The molecule has 2 atom stereocenters. The van der Waals surface area contributed by atoms with Crippen LogP contribution in [0.4, 0.5) is 16.0 Å². The minimum Gasteiger partial charge on any atom is -0.480 e. The lowest BCUT2D eigenvalue weighted by atomic mass is 10.0. The number of aromatic nitrogens is 3. The fourth-order valence-corrected chi connectivity index (χ4v) is 5.33. The minimum atomic E-state index is -0.567. The Hall–Kier alpha value is -3.66. The second kappa shape index (κ2) is 10.8. The first kappa shape index (κ1) is 26.9. The first-order valence-corrected chi connectivity index (χ1v) is 12.9. The number of fused-ring (bicyclic) bond motifs is 1. The molecule has 2 aromatic heterocycles. The maximum absolute atomic E-state index is 14.1. The highest BCUT2D eigenvalue weighted by atomic mass is 35.5. The van der Waals surface area contributed by atoms with Gasteiger partial charge in [-0.2, -0.15) is 4.98 Å². The van der Waals surface area contributed by atoms with Crippen molar-refractivity contribution in [3.8, 4) is 17.1 Å². The second-order valence-corrected chi connectivity index (χ2v) is 9.94. The Balaban J connectivity index is 1.79. The van der Waals surface area contributed by atoms with E-state index in [-0.39, 0.29) is 17.0 Å². The highest BCUT2D eigenvalue weighted by Crippen LogP contribution is 2.47. The third-order valence-electron chi connectivity index (χ3n) is 6.70. The summed E-state index contributed by atoms with van der Waals surface area (Å²) in [4.78, 5) is 24.6. The quantitative estimate of drug-likeness (QED) is 0.264. The monoisotopic (exact) mass is 569 g/mol. The lowest BCUT2D eigenvalue weighted by molar-refractivity contribution is 0.0993. The standard InChI is InChI=1S/C28H26Cl2FN5O3/c1-15(14-38-3)35-23(20-13-33-28(32-2)34-26(20)39-4)12-19-25(35)24(16-5-7-17(29)8-6-16)36(27(19)37)18-9-10-22(31)21(30)11-18/h5-13,15,24H,14H2,1-4H3,(H,32,33,34)/t15-,24+/m1/s1. The number of nitrogens with one attached hydrogen (secondary N) is 1. The van der Waals surface area contributed by atoms with Crippen LogP contribution in [0.3, 0.4) is 0 Å². The molecular formula is C28H26Cl2FN5O3. The van der Waals surface area contributed by atoms with E-state index in [2.05, 4.69) is 19.9 Å². The fraction of sp³-hybridized carbons (Fsp3) is 0.250. The molecule has 0 unspecified atom stereocenters. The molecule has 202 valence electrons. The van der Waals surface area contributed by atoms with Crippen molar-refractivity contribution < 1.29 is 18.7 Å². The number of carbonyl (C=O) groups is 1. The molecule has 1 aliphatic rings. The van der Waals surface area contributed by atoms with Gasteiger partial charge in [-0.3, -0.25) is 9.69 Å². The van der Waals surface area contributed by atoms with Crippen molar-refractivity contribution in [2.24, 2.45) is 0 Å². The van der Waals surface area contributed by atoms with Crippen LogP contribution in [-0.2, 0) is 4.74 Å². The summed E-state index contributed by atoms with van der Waals surface area (Å²) in [6, 6.07) is 12.6. The molecule has 1 aliphatic heterocycles. The lowest BCUT2D eigenvalue weighted by Gasteiger charge is -2.30. The Morgan fingerprint density at radius 2 is 1.85 bits per heavy atom. The Morgan fingerprint density at radius 3 is 2.49 bits per heavy atom. The van der Waals surface area contributed by atoms with E-state index in [1.54, 1.807) is 43.5 Å². The molecule has 4 aromatic rings. The molecule has 1 amide bonds. The number of nitrogens with zero attached hydrogens (tertiary/aromatic N) is 4. The summed E-state index contributed by atoms with van der Waals surface area (Å²) in [7, 11) is 4.88.